The minimum atomic E-state index is -0.213. The van der Waals surface area contributed by atoms with E-state index in [1.807, 2.05) is 0 Å². The topological polar surface area (TPSA) is 44.1 Å². The van der Waals surface area contributed by atoms with Crippen molar-refractivity contribution in [2.75, 3.05) is 12.3 Å². The van der Waals surface area contributed by atoms with Gasteiger partial charge in [0, 0.05) is 6.42 Å². The minimum absolute atomic E-state index is 0.213. The van der Waals surface area contributed by atoms with Crippen LogP contribution in [0.4, 0.5) is 0 Å². The van der Waals surface area contributed by atoms with E-state index < -0.39 is 0 Å². The van der Waals surface area contributed by atoms with Gasteiger partial charge in [0.1, 0.15) is 0 Å². The van der Waals surface area contributed by atoms with Gasteiger partial charge in [-0.05, 0) is 5.75 Å². The van der Waals surface area contributed by atoms with Gasteiger partial charge in [0.25, 0.3) is 0 Å². The summed E-state index contributed by atoms with van der Waals surface area (Å²) in [6.07, 6.45) is 1.84. The molecular formula is C6H11N2OS. The van der Waals surface area contributed by atoms with Crippen molar-refractivity contribution in [3.05, 3.63) is 12.7 Å². The zero-order chi connectivity index (χ0) is 7.98. The lowest BCUT2D eigenvalue weighted by Crippen LogP contribution is -2.29. The summed E-state index contributed by atoms with van der Waals surface area (Å²) in [6.45, 7) is 3.69. The minimum Gasteiger partial charge on any atom is -0.273 e. The van der Waals surface area contributed by atoms with E-state index in [1.54, 1.807) is 0 Å². The second-order valence-electron chi connectivity index (χ2n) is 1.77. The van der Waals surface area contributed by atoms with Crippen LogP contribution in [0.3, 0.4) is 0 Å². The van der Waals surface area contributed by atoms with Crippen molar-refractivity contribution in [3.8, 4) is 0 Å². The summed E-state index contributed by atoms with van der Waals surface area (Å²) in [7, 11) is 0. The van der Waals surface area contributed by atoms with Crippen LogP contribution in [0.15, 0.2) is 12.7 Å². The third-order valence-electron chi connectivity index (χ3n) is 0.938. The first-order valence-electron chi connectivity index (χ1n) is 2.95. The Morgan fingerprint density at radius 2 is 2.40 bits per heavy atom. The number of carbonyl (C=O) groups is 1. The predicted octanol–water partition coefficient (Wildman–Crippen LogP) is 0.519. The molecule has 0 unspecified atom stereocenters. The average molecular weight is 159 g/mol. The normalized spacial score (nSPS) is 9.00. The molecular weight excluding hydrogens is 148 g/mol. The van der Waals surface area contributed by atoms with Crippen LogP contribution in [0, 0.1) is 0 Å². The van der Waals surface area contributed by atoms with E-state index in [9.17, 15) is 4.79 Å². The van der Waals surface area contributed by atoms with E-state index in [-0.39, 0.29) is 12.5 Å². The second kappa shape index (κ2) is 5.32. The molecule has 0 aromatic carbocycles. The SMILES string of the molecule is C=CCN([NH])C(=O)CCS. The van der Waals surface area contributed by atoms with E-state index in [0.717, 1.165) is 5.01 Å². The number of carbonyl (C=O) groups excluding carboxylic acids is 1. The lowest BCUT2D eigenvalue weighted by atomic mass is 10.4. The first kappa shape index (κ1) is 9.52. The maximum absolute atomic E-state index is 10.8. The summed E-state index contributed by atoms with van der Waals surface area (Å²) in [6, 6.07) is 0. The third kappa shape index (κ3) is 3.53. The molecule has 10 heavy (non-hydrogen) atoms. The molecule has 1 radical (unpaired) electrons. The molecule has 0 atom stereocenters. The lowest BCUT2D eigenvalue weighted by Gasteiger charge is -2.10. The van der Waals surface area contributed by atoms with Crippen LogP contribution in [0.5, 0.6) is 0 Å². The van der Waals surface area contributed by atoms with Crippen LogP contribution >= 0.6 is 12.6 Å². The number of nitrogens with one attached hydrogen (secondary N) is 1. The molecule has 0 aromatic rings. The molecule has 4 heteroatoms. The van der Waals surface area contributed by atoms with Gasteiger partial charge in [-0.1, -0.05) is 6.08 Å². The summed E-state index contributed by atoms with van der Waals surface area (Å²) in [5.41, 5.74) is 0. The van der Waals surface area contributed by atoms with Crippen molar-refractivity contribution < 1.29 is 4.79 Å². The van der Waals surface area contributed by atoms with Crippen molar-refractivity contribution in [1.29, 1.82) is 0 Å². The summed E-state index contributed by atoms with van der Waals surface area (Å²) >= 11 is 3.87. The summed E-state index contributed by atoms with van der Waals surface area (Å²) < 4.78 is 0. The van der Waals surface area contributed by atoms with Crippen molar-refractivity contribution in [1.82, 2.24) is 10.9 Å². The highest BCUT2D eigenvalue weighted by Crippen LogP contribution is 1.90. The van der Waals surface area contributed by atoms with Crippen LogP contribution in [-0.2, 0) is 4.79 Å². The summed E-state index contributed by atoms with van der Waals surface area (Å²) in [5, 5.41) is 0.878. The maximum Gasteiger partial charge on any atom is 0.238 e. The van der Waals surface area contributed by atoms with Crippen LogP contribution < -0.4 is 5.84 Å². The van der Waals surface area contributed by atoms with Crippen LogP contribution in [0.1, 0.15) is 6.42 Å². The fourth-order valence-corrected chi connectivity index (χ4v) is 0.653. The number of nitrogens with zero attached hydrogens (tertiary/aromatic N) is 1. The van der Waals surface area contributed by atoms with Crippen LogP contribution in [0.25, 0.3) is 0 Å². The van der Waals surface area contributed by atoms with Gasteiger partial charge in [0.2, 0.25) is 5.91 Å². The Hall–Kier alpha value is -0.480. The molecule has 0 aromatic heterocycles. The fraction of sp³-hybridized carbons (Fsp3) is 0.500. The fourth-order valence-electron chi connectivity index (χ4n) is 0.462. The Bertz CT molecular complexity index is 127. The molecule has 57 valence electrons. The molecule has 1 N–H and O–H groups in total. The highest BCUT2D eigenvalue weighted by Gasteiger charge is 2.05. The molecule has 0 spiro atoms. The summed E-state index contributed by atoms with van der Waals surface area (Å²) in [4.78, 5) is 10.8. The number of amides is 1. The molecule has 0 rings (SSSR count). The van der Waals surface area contributed by atoms with Gasteiger partial charge < -0.3 is 0 Å². The molecule has 0 saturated heterocycles. The molecule has 0 fully saturated rings. The van der Waals surface area contributed by atoms with E-state index in [4.69, 9.17) is 5.84 Å². The Balaban J connectivity index is 3.58. The third-order valence-corrected chi connectivity index (χ3v) is 1.16. The quantitative estimate of drug-likeness (QED) is 0.363. The highest BCUT2D eigenvalue weighted by atomic mass is 32.1. The monoisotopic (exact) mass is 159 g/mol. The largest absolute Gasteiger partial charge is 0.273 e. The zero-order valence-corrected chi connectivity index (χ0v) is 6.60. The second-order valence-corrected chi connectivity index (χ2v) is 2.21. The van der Waals surface area contributed by atoms with Gasteiger partial charge in [-0.25, -0.2) is 0 Å². The van der Waals surface area contributed by atoms with Crippen molar-refractivity contribution in [2.45, 2.75) is 6.42 Å². The van der Waals surface area contributed by atoms with Crippen molar-refractivity contribution in [3.63, 3.8) is 0 Å². The maximum atomic E-state index is 10.8. The molecule has 0 bridgehead atoms. The van der Waals surface area contributed by atoms with E-state index in [0.29, 0.717) is 12.2 Å². The standard InChI is InChI=1S/C6H11N2OS/c1-2-4-8(7)6(9)3-5-10/h2,7,10H,1,3-5H2. The molecule has 0 aliphatic rings. The first-order valence-corrected chi connectivity index (χ1v) is 3.59. The van der Waals surface area contributed by atoms with E-state index in [2.05, 4.69) is 19.2 Å². The Morgan fingerprint density at radius 3 is 2.80 bits per heavy atom. The summed E-state index contributed by atoms with van der Waals surface area (Å²) in [5.74, 6) is 7.34. The predicted molar refractivity (Wildman–Crippen MR) is 43.5 cm³/mol. The van der Waals surface area contributed by atoms with Gasteiger partial charge in [-0.2, -0.15) is 12.6 Å². The smallest absolute Gasteiger partial charge is 0.238 e. The Morgan fingerprint density at radius 1 is 1.80 bits per heavy atom. The van der Waals surface area contributed by atoms with Crippen molar-refractivity contribution in [2.24, 2.45) is 0 Å². The molecule has 1 amide bonds. The molecule has 0 aliphatic heterocycles. The molecule has 3 nitrogen and oxygen atoms in total. The van der Waals surface area contributed by atoms with E-state index >= 15 is 0 Å². The Kier molecular flexibility index (Phi) is 5.06. The van der Waals surface area contributed by atoms with Gasteiger partial charge in [-0.15, -0.1) is 12.4 Å². The number of hydrogen-bond donors (Lipinski definition) is 1. The molecule has 0 aliphatic carbocycles. The lowest BCUT2D eigenvalue weighted by molar-refractivity contribution is -0.131. The van der Waals surface area contributed by atoms with Crippen molar-refractivity contribution >= 4 is 18.5 Å². The zero-order valence-electron chi connectivity index (χ0n) is 5.71. The van der Waals surface area contributed by atoms with E-state index in [1.165, 1.54) is 6.08 Å². The van der Waals surface area contributed by atoms with Crippen LogP contribution in [0.2, 0.25) is 0 Å². The molecule has 0 heterocycles. The van der Waals surface area contributed by atoms with Crippen LogP contribution in [-0.4, -0.2) is 23.2 Å². The number of hydrogen-bond acceptors (Lipinski definition) is 2. The molecule has 0 saturated carbocycles. The Labute approximate surface area is 66.3 Å². The van der Waals surface area contributed by atoms with Gasteiger partial charge >= 0.3 is 0 Å². The first-order chi connectivity index (χ1) is 4.72. The number of rotatable bonds is 4. The van der Waals surface area contributed by atoms with Gasteiger partial charge in [0.05, 0.1) is 6.54 Å². The van der Waals surface area contributed by atoms with Gasteiger partial charge in [-0.3, -0.25) is 9.80 Å². The average Bonchev–Trinajstić information content (AvgIpc) is 1.89. The van der Waals surface area contributed by atoms with Gasteiger partial charge in [0.15, 0.2) is 0 Å². The number of thiol groups is 1. The highest BCUT2D eigenvalue weighted by molar-refractivity contribution is 7.80.